The molecule has 3 aromatic carbocycles. The van der Waals surface area contributed by atoms with Crippen LogP contribution in [0.5, 0.6) is 0 Å². The number of carbonyl (C=O) groups is 2. The van der Waals surface area contributed by atoms with Gasteiger partial charge in [-0.2, -0.15) is 0 Å². The van der Waals surface area contributed by atoms with Crippen molar-refractivity contribution >= 4 is 50.7 Å². The zero-order valence-corrected chi connectivity index (χ0v) is 16.8. The molecule has 0 aromatic heterocycles. The molecule has 0 fully saturated rings. The number of anilines is 2. The molecular formula is C21H16BrClN2O2. The Labute approximate surface area is 170 Å². The molecule has 0 aliphatic rings. The zero-order valence-electron chi connectivity index (χ0n) is 14.4. The van der Waals surface area contributed by atoms with Crippen molar-refractivity contribution in [1.29, 1.82) is 0 Å². The van der Waals surface area contributed by atoms with Crippen LogP contribution in [0.3, 0.4) is 0 Å². The summed E-state index contributed by atoms with van der Waals surface area (Å²) in [4.78, 5) is 25.2. The van der Waals surface area contributed by atoms with Crippen molar-refractivity contribution in [2.75, 3.05) is 10.6 Å². The summed E-state index contributed by atoms with van der Waals surface area (Å²) in [7, 11) is 0. The third-order valence-corrected chi connectivity index (χ3v) is 4.85. The van der Waals surface area contributed by atoms with Crippen LogP contribution in [0.1, 0.15) is 26.3 Å². The summed E-state index contributed by atoms with van der Waals surface area (Å²) in [5.41, 5.74) is 2.76. The summed E-state index contributed by atoms with van der Waals surface area (Å²) in [6.07, 6.45) is 0. The third kappa shape index (κ3) is 4.56. The van der Waals surface area contributed by atoms with E-state index in [0.29, 0.717) is 33.1 Å². The third-order valence-electron chi connectivity index (χ3n) is 4.03. The Kier molecular flexibility index (Phi) is 5.94. The van der Waals surface area contributed by atoms with Crippen molar-refractivity contribution < 1.29 is 9.59 Å². The van der Waals surface area contributed by atoms with Crippen molar-refractivity contribution in [3.8, 4) is 0 Å². The van der Waals surface area contributed by atoms with Crippen LogP contribution in [0.15, 0.2) is 71.2 Å². The van der Waals surface area contributed by atoms with E-state index in [-0.39, 0.29) is 11.8 Å². The Hall–Kier alpha value is -2.63. The Balaban J connectivity index is 1.83. The second-order valence-corrected chi connectivity index (χ2v) is 7.20. The minimum absolute atomic E-state index is 0.240. The number of hydrogen-bond donors (Lipinski definition) is 2. The van der Waals surface area contributed by atoms with Gasteiger partial charge in [0.15, 0.2) is 0 Å². The highest BCUT2D eigenvalue weighted by atomic mass is 79.9. The number of rotatable bonds is 4. The molecule has 4 nitrogen and oxygen atoms in total. The van der Waals surface area contributed by atoms with Gasteiger partial charge < -0.3 is 10.6 Å². The van der Waals surface area contributed by atoms with Crippen LogP contribution in [0.25, 0.3) is 0 Å². The minimum Gasteiger partial charge on any atom is -0.322 e. The average molecular weight is 444 g/mol. The van der Waals surface area contributed by atoms with E-state index in [2.05, 4.69) is 26.6 Å². The van der Waals surface area contributed by atoms with Crippen LogP contribution >= 0.6 is 27.5 Å². The Morgan fingerprint density at radius 2 is 1.56 bits per heavy atom. The molecule has 0 saturated heterocycles. The topological polar surface area (TPSA) is 58.2 Å². The molecule has 136 valence electrons. The molecule has 6 heteroatoms. The number of benzene rings is 3. The molecule has 0 unspecified atom stereocenters. The molecule has 0 bridgehead atoms. The van der Waals surface area contributed by atoms with Crippen molar-refractivity contribution in [2.45, 2.75) is 6.92 Å². The molecule has 0 heterocycles. The highest BCUT2D eigenvalue weighted by Gasteiger charge is 2.16. The Morgan fingerprint density at radius 3 is 2.30 bits per heavy atom. The van der Waals surface area contributed by atoms with Crippen molar-refractivity contribution in [1.82, 2.24) is 0 Å². The van der Waals surface area contributed by atoms with Crippen LogP contribution in [-0.2, 0) is 0 Å². The van der Waals surface area contributed by atoms with Crippen molar-refractivity contribution in [3.05, 3.63) is 92.9 Å². The Bertz CT molecular complexity index is 1010. The SMILES string of the molecule is Cc1c(NC(=O)c2cc(Br)ccc2Cl)cccc1C(=O)Nc1ccccc1. The van der Waals surface area contributed by atoms with Gasteiger partial charge in [0, 0.05) is 21.4 Å². The number of para-hydroxylation sites is 1. The molecule has 3 aromatic rings. The van der Waals surface area contributed by atoms with Gasteiger partial charge in [0.1, 0.15) is 0 Å². The van der Waals surface area contributed by atoms with Gasteiger partial charge in [0.05, 0.1) is 10.6 Å². The molecule has 0 aliphatic carbocycles. The van der Waals surface area contributed by atoms with Crippen LogP contribution in [-0.4, -0.2) is 11.8 Å². The number of amides is 2. The normalized spacial score (nSPS) is 10.3. The van der Waals surface area contributed by atoms with Crippen molar-refractivity contribution in [2.24, 2.45) is 0 Å². The van der Waals surface area contributed by atoms with Gasteiger partial charge in [-0.05, 0) is 55.0 Å². The maximum Gasteiger partial charge on any atom is 0.257 e. The molecule has 0 atom stereocenters. The highest BCUT2D eigenvalue weighted by molar-refractivity contribution is 9.10. The average Bonchev–Trinajstić information content (AvgIpc) is 2.66. The molecule has 2 N–H and O–H groups in total. The van der Waals surface area contributed by atoms with Crippen LogP contribution in [0, 0.1) is 6.92 Å². The van der Waals surface area contributed by atoms with Gasteiger partial charge in [-0.25, -0.2) is 0 Å². The summed E-state index contributed by atoms with van der Waals surface area (Å²) in [6, 6.07) is 19.5. The van der Waals surface area contributed by atoms with E-state index in [1.165, 1.54) is 0 Å². The first kappa shape index (κ1) is 19.1. The molecular weight excluding hydrogens is 428 g/mol. The fourth-order valence-electron chi connectivity index (χ4n) is 2.60. The predicted molar refractivity (Wildman–Crippen MR) is 113 cm³/mol. The standard InChI is InChI=1S/C21H16BrClN2O2/c1-13-16(20(26)24-15-6-3-2-4-7-15)8-5-9-19(13)25-21(27)17-12-14(22)10-11-18(17)23/h2-12H,1H3,(H,24,26)(H,25,27). The van der Waals surface area contributed by atoms with Crippen LogP contribution in [0.4, 0.5) is 11.4 Å². The van der Waals surface area contributed by atoms with E-state index in [1.807, 2.05) is 30.3 Å². The molecule has 27 heavy (non-hydrogen) atoms. The number of carbonyl (C=O) groups excluding carboxylic acids is 2. The van der Waals surface area contributed by atoms with Crippen molar-refractivity contribution in [3.63, 3.8) is 0 Å². The maximum atomic E-state index is 12.6. The van der Waals surface area contributed by atoms with Gasteiger partial charge in [-0.3, -0.25) is 9.59 Å². The summed E-state index contributed by atoms with van der Waals surface area (Å²) >= 11 is 9.46. The molecule has 0 spiro atoms. The predicted octanol–water partition coefficient (Wildman–Crippen LogP) is 5.92. The summed E-state index contributed by atoms with van der Waals surface area (Å²) in [5.74, 6) is -0.583. The van der Waals surface area contributed by atoms with E-state index < -0.39 is 0 Å². The second-order valence-electron chi connectivity index (χ2n) is 5.88. The lowest BCUT2D eigenvalue weighted by molar-refractivity contribution is 0.101. The van der Waals surface area contributed by atoms with Gasteiger partial charge in [0.25, 0.3) is 11.8 Å². The lowest BCUT2D eigenvalue weighted by Gasteiger charge is -2.13. The van der Waals surface area contributed by atoms with Gasteiger partial charge >= 0.3 is 0 Å². The quantitative estimate of drug-likeness (QED) is 0.526. The fourth-order valence-corrected chi connectivity index (χ4v) is 3.16. The lowest BCUT2D eigenvalue weighted by atomic mass is 10.1. The zero-order chi connectivity index (χ0) is 19.4. The largest absolute Gasteiger partial charge is 0.322 e. The van der Waals surface area contributed by atoms with Crippen LogP contribution < -0.4 is 10.6 Å². The van der Waals surface area contributed by atoms with Crippen LogP contribution in [0.2, 0.25) is 5.02 Å². The molecule has 3 rings (SSSR count). The van der Waals surface area contributed by atoms with E-state index in [0.717, 1.165) is 4.47 Å². The summed E-state index contributed by atoms with van der Waals surface area (Å²) in [6.45, 7) is 1.79. The van der Waals surface area contributed by atoms with E-state index in [9.17, 15) is 9.59 Å². The van der Waals surface area contributed by atoms with E-state index >= 15 is 0 Å². The molecule has 0 radical (unpaired) electrons. The monoisotopic (exact) mass is 442 g/mol. The number of nitrogens with one attached hydrogen (secondary N) is 2. The summed E-state index contributed by atoms with van der Waals surface area (Å²) in [5, 5.41) is 6.03. The summed E-state index contributed by atoms with van der Waals surface area (Å²) < 4.78 is 0.754. The number of hydrogen-bond acceptors (Lipinski definition) is 2. The first-order valence-electron chi connectivity index (χ1n) is 8.18. The fraction of sp³-hybridized carbons (Fsp3) is 0.0476. The maximum absolute atomic E-state index is 12.6. The first-order chi connectivity index (χ1) is 13.0. The lowest BCUT2D eigenvalue weighted by Crippen LogP contribution is -2.17. The van der Waals surface area contributed by atoms with Gasteiger partial charge in [0.2, 0.25) is 0 Å². The van der Waals surface area contributed by atoms with E-state index in [4.69, 9.17) is 11.6 Å². The van der Waals surface area contributed by atoms with Gasteiger partial charge in [-0.1, -0.05) is 51.8 Å². The molecule has 2 amide bonds. The first-order valence-corrected chi connectivity index (χ1v) is 9.35. The highest BCUT2D eigenvalue weighted by Crippen LogP contribution is 2.25. The smallest absolute Gasteiger partial charge is 0.257 e. The molecule has 0 aliphatic heterocycles. The molecule has 0 saturated carbocycles. The minimum atomic E-state index is -0.343. The second kappa shape index (κ2) is 8.37. The Morgan fingerprint density at radius 1 is 0.852 bits per heavy atom. The van der Waals surface area contributed by atoms with Gasteiger partial charge in [-0.15, -0.1) is 0 Å². The number of halogens is 2. The van der Waals surface area contributed by atoms with E-state index in [1.54, 1.807) is 43.3 Å².